The Hall–Kier alpha value is -1.06. The third-order valence-corrected chi connectivity index (χ3v) is 5.01. The number of rotatable bonds is 5. The van der Waals surface area contributed by atoms with Crippen LogP contribution in [0.25, 0.3) is 0 Å². The van der Waals surface area contributed by atoms with E-state index in [0.717, 1.165) is 12.8 Å². The standard InChI is InChI=1S/C15H25NO3/c1-11(12-6-2-3-7-12)16-13(17)10-15(14(18)19)8-4-5-9-15/h11-12H,2-10H2,1H3,(H,16,17)(H,18,19). The average Bonchev–Trinajstić information content (AvgIpc) is 2.99. The fourth-order valence-electron chi connectivity index (χ4n) is 3.71. The minimum Gasteiger partial charge on any atom is -0.481 e. The normalized spacial score (nSPS) is 24.3. The minimum atomic E-state index is -0.798. The van der Waals surface area contributed by atoms with Crippen molar-refractivity contribution < 1.29 is 14.7 Å². The molecule has 2 aliphatic rings. The van der Waals surface area contributed by atoms with E-state index in [-0.39, 0.29) is 18.4 Å². The highest BCUT2D eigenvalue weighted by atomic mass is 16.4. The second kappa shape index (κ2) is 5.93. The molecule has 1 amide bonds. The molecule has 2 rings (SSSR count). The Kier molecular flexibility index (Phi) is 4.48. The molecule has 0 aromatic rings. The highest BCUT2D eigenvalue weighted by Crippen LogP contribution is 2.41. The van der Waals surface area contributed by atoms with Crippen molar-refractivity contribution in [1.29, 1.82) is 0 Å². The van der Waals surface area contributed by atoms with Gasteiger partial charge in [-0.2, -0.15) is 0 Å². The second-order valence-corrected chi connectivity index (χ2v) is 6.37. The van der Waals surface area contributed by atoms with E-state index in [9.17, 15) is 14.7 Å². The van der Waals surface area contributed by atoms with Gasteiger partial charge in [-0.3, -0.25) is 9.59 Å². The highest BCUT2D eigenvalue weighted by molar-refractivity contribution is 5.85. The van der Waals surface area contributed by atoms with Crippen LogP contribution < -0.4 is 5.32 Å². The van der Waals surface area contributed by atoms with E-state index < -0.39 is 11.4 Å². The van der Waals surface area contributed by atoms with Crippen molar-refractivity contribution in [3.05, 3.63) is 0 Å². The van der Waals surface area contributed by atoms with Crippen molar-refractivity contribution in [2.75, 3.05) is 0 Å². The molecule has 2 N–H and O–H groups in total. The first kappa shape index (κ1) is 14.4. The largest absolute Gasteiger partial charge is 0.481 e. The van der Waals surface area contributed by atoms with Crippen molar-refractivity contribution in [2.45, 2.75) is 70.8 Å². The van der Waals surface area contributed by atoms with Gasteiger partial charge < -0.3 is 10.4 Å². The number of aliphatic carboxylic acids is 1. The molecule has 4 nitrogen and oxygen atoms in total. The maximum Gasteiger partial charge on any atom is 0.310 e. The number of carbonyl (C=O) groups is 2. The first-order valence-electron chi connectivity index (χ1n) is 7.56. The fraction of sp³-hybridized carbons (Fsp3) is 0.867. The summed E-state index contributed by atoms with van der Waals surface area (Å²) in [5, 5.41) is 12.4. The lowest BCUT2D eigenvalue weighted by atomic mass is 9.82. The molecule has 2 aliphatic carbocycles. The lowest BCUT2D eigenvalue weighted by Gasteiger charge is -2.26. The molecule has 0 spiro atoms. The van der Waals surface area contributed by atoms with Gasteiger partial charge in [0.15, 0.2) is 0 Å². The van der Waals surface area contributed by atoms with Crippen LogP contribution in [-0.4, -0.2) is 23.0 Å². The molecular formula is C15H25NO3. The van der Waals surface area contributed by atoms with Gasteiger partial charge in [0.1, 0.15) is 0 Å². The molecule has 0 aromatic heterocycles. The third-order valence-electron chi connectivity index (χ3n) is 5.01. The molecule has 1 atom stereocenters. The molecule has 4 heteroatoms. The average molecular weight is 267 g/mol. The predicted molar refractivity (Wildman–Crippen MR) is 72.7 cm³/mol. The van der Waals surface area contributed by atoms with Crippen LogP contribution in [0.15, 0.2) is 0 Å². The summed E-state index contributed by atoms with van der Waals surface area (Å²) < 4.78 is 0. The Morgan fingerprint density at radius 2 is 1.79 bits per heavy atom. The number of hydrogen-bond acceptors (Lipinski definition) is 2. The third kappa shape index (κ3) is 3.28. The van der Waals surface area contributed by atoms with Crippen molar-refractivity contribution >= 4 is 11.9 Å². The van der Waals surface area contributed by atoms with E-state index in [0.29, 0.717) is 18.8 Å². The second-order valence-electron chi connectivity index (χ2n) is 6.37. The first-order valence-corrected chi connectivity index (χ1v) is 7.56. The van der Waals surface area contributed by atoms with Crippen LogP contribution in [0.4, 0.5) is 0 Å². The number of amides is 1. The molecule has 2 fully saturated rings. The van der Waals surface area contributed by atoms with E-state index in [1.165, 1.54) is 25.7 Å². The monoisotopic (exact) mass is 267 g/mol. The zero-order chi connectivity index (χ0) is 13.9. The minimum absolute atomic E-state index is 0.0799. The molecule has 0 saturated heterocycles. The van der Waals surface area contributed by atoms with Crippen LogP contribution in [0, 0.1) is 11.3 Å². The maximum absolute atomic E-state index is 12.1. The van der Waals surface area contributed by atoms with Crippen molar-refractivity contribution in [1.82, 2.24) is 5.32 Å². The Morgan fingerprint density at radius 1 is 1.21 bits per heavy atom. The van der Waals surface area contributed by atoms with E-state index in [2.05, 4.69) is 12.2 Å². The van der Waals surface area contributed by atoms with Gasteiger partial charge in [0, 0.05) is 12.5 Å². The molecular weight excluding hydrogens is 242 g/mol. The maximum atomic E-state index is 12.1. The van der Waals surface area contributed by atoms with Crippen LogP contribution in [-0.2, 0) is 9.59 Å². The number of hydrogen-bond donors (Lipinski definition) is 2. The van der Waals surface area contributed by atoms with Crippen LogP contribution in [0.1, 0.15) is 64.7 Å². The topological polar surface area (TPSA) is 66.4 Å². The fourth-order valence-corrected chi connectivity index (χ4v) is 3.71. The Bertz CT molecular complexity index is 341. The molecule has 19 heavy (non-hydrogen) atoms. The highest BCUT2D eigenvalue weighted by Gasteiger charge is 2.43. The zero-order valence-electron chi connectivity index (χ0n) is 11.8. The number of carboxylic acids is 1. The molecule has 2 saturated carbocycles. The van der Waals surface area contributed by atoms with Crippen LogP contribution in [0.2, 0.25) is 0 Å². The molecule has 0 aliphatic heterocycles. The predicted octanol–water partition coefficient (Wildman–Crippen LogP) is 2.72. The van der Waals surface area contributed by atoms with Gasteiger partial charge in [-0.25, -0.2) is 0 Å². The summed E-state index contributed by atoms with van der Waals surface area (Å²) in [7, 11) is 0. The van der Waals surface area contributed by atoms with Crippen LogP contribution in [0.3, 0.4) is 0 Å². The lowest BCUT2D eigenvalue weighted by Crippen LogP contribution is -2.41. The summed E-state index contributed by atoms with van der Waals surface area (Å²) in [4.78, 5) is 23.5. The molecule has 0 bridgehead atoms. The van der Waals surface area contributed by atoms with Gasteiger partial charge in [-0.1, -0.05) is 25.7 Å². The lowest BCUT2D eigenvalue weighted by molar-refractivity contribution is -0.151. The molecule has 0 heterocycles. The van der Waals surface area contributed by atoms with Gasteiger partial charge in [0.2, 0.25) is 5.91 Å². The number of nitrogens with one attached hydrogen (secondary N) is 1. The quantitative estimate of drug-likeness (QED) is 0.805. The summed E-state index contributed by atoms with van der Waals surface area (Å²) in [6.07, 6.45) is 8.18. The van der Waals surface area contributed by atoms with Gasteiger partial charge in [0.05, 0.1) is 5.41 Å². The van der Waals surface area contributed by atoms with E-state index in [1.54, 1.807) is 0 Å². The first-order chi connectivity index (χ1) is 9.03. The Morgan fingerprint density at radius 3 is 2.32 bits per heavy atom. The van der Waals surface area contributed by atoms with Gasteiger partial charge in [-0.05, 0) is 38.5 Å². The summed E-state index contributed by atoms with van der Waals surface area (Å²) in [5.41, 5.74) is -0.792. The number of carbonyl (C=O) groups excluding carboxylic acids is 1. The molecule has 0 aromatic carbocycles. The van der Waals surface area contributed by atoms with Crippen molar-refractivity contribution in [3.8, 4) is 0 Å². The smallest absolute Gasteiger partial charge is 0.310 e. The SMILES string of the molecule is CC(NC(=O)CC1(C(=O)O)CCCC1)C1CCCC1. The van der Waals surface area contributed by atoms with E-state index >= 15 is 0 Å². The van der Waals surface area contributed by atoms with Gasteiger partial charge >= 0.3 is 5.97 Å². The van der Waals surface area contributed by atoms with Crippen molar-refractivity contribution in [3.63, 3.8) is 0 Å². The van der Waals surface area contributed by atoms with E-state index in [1.807, 2.05) is 0 Å². The summed E-state index contributed by atoms with van der Waals surface area (Å²) in [5.74, 6) is -0.300. The Balaban J connectivity index is 1.87. The zero-order valence-corrected chi connectivity index (χ0v) is 11.8. The summed E-state index contributed by atoms with van der Waals surface area (Å²) in [6.45, 7) is 2.05. The molecule has 108 valence electrons. The van der Waals surface area contributed by atoms with Gasteiger partial charge in [0.25, 0.3) is 0 Å². The summed E-state index contributed by atoms with van der Waals surface area (Å²) >= 11 is 0. The number of carboxylic acid groups (broad SMARTS) is 1. The van der Waals surface area contributed by atoms with E-state index in [4.69, 9.17) is 0 Å². The molecule has 0 radical (unpaired) electrons. The Labute approximate surface area is 115 Å². The molecule has 1 unspecified atom stereocenters. The van der Waals surface area contributed by atoms with Crippen molar-refractivity contribution in [2.24, 2.45) is 11.3 Å². The summed E-state index contributed by atoms with van der Waals surface area (Å²) in [6, 6.07) is 0.183. The van der Waals surface area contributed by atoms with Crippen LogP contribution in [0.5, 0.6) is 0 Å². The van der Waals surface area contributed by atoms with Gasteiger partial charge in [-0.15, -0.1) is 0 Å². The van der Waals surface area contributed by atoms with Crippen LogP contribution >= 0.6 is 0 Å².